The maximum Gasteiger partial charge on any atom is 0.416 e. The van der Waals surface area contributed by atoms with Crippen LogP contribution in [0.25, 0.3) is 0 Å². The molecular formula is C25H28F4N4O. The van der Waals surface area contributed by atoms with Crippen LogP contribution < -0.4 is 10.2 Å². The Bertz CT molecular complexity index is 1060. The van der Waals surface area contributed by atoms with Crippen molar-refractivity contribution in [2.24, 2.45) is 11.3 Å². The van der Waals surface area contributed by atoms with Gasteiger partial charge in [-0.2, -0.15) is 13.2 Å². The number of hydrogen-bond donors (Lipinski definition) is 1. The first-order chi connectivity index (χ1) is 16.2. The normalized spacial score (nSPS) is 29.2. The van der Waals surface area contributed by atoms with E-state index in [4.69, 9.17) is 0 Å². The fraction of sp³-hybridized carbons (Fsp3) is 0.520. The Morgan fingerprint density at radius 3 is 2.68 bits per heavy atom. The minimum Gasteiger partial charge on any atom is -0.353 e. The minimum atomic E-state index is -4.42. The number of nitrogens with zero attached hydrogens (tertiary/aromatic N) is 3. The molecule has 1 aromatic carbocycles. The zero-order valence-corrected chi connectivity index (χ0v) is 19.0. The van der Waals surface area contributed by atoms with Gasteiger partial charge in [0.25, 0.3) is 0 Å². The van der Waals surface area contributed by atoms with E-state index in [2.05, 4.69) is 17.2 Å². The molecule has 0 bridgehead atoms. The number of anilines is 1. The van der Waals surface area contributed by atoms with Gasteiger partial charge >= 0.3 is 6.18 Å². The lowest BCUT2D eigenvalue weighted by atomic mass is 9.74. The van der Waals surface area contributed by atoms with Crippen molar-refractivity contribution in [3.63, 3.8) is 0 Å². The van der Waals surface area contributed by atoms with E-state index in [1.807, 2.05) is 9.80 Å². The standard InChI is InChI=1S/C25H28F4N4O/c1-16-21-15-32(22-12-18(7-9-30-22)25(27,28)29)10-11-33(21)23(34)24(16)8-6-20(13-24)31-14-17-2-4-19(26)5-3-17/h2-5,7,9,12,16,20-21,31H,6,8,10-11,13-15H2,1H3/t16?,20-,21?,24+/m1/s1. The molecule has 3 heterocycles. The zero-order chi connectivity index (χ0) is 24.1. The summed E-state index contributed by atoms with van der Waals surface area (Å²) in [6, 6.07) is 8.62. The van der Waals surface area contributed by atoms with Gasteiger partial charge in [0.15, 0.2) is 0 Å². The molecule has 5 rings (SSSR count). The molecule has 2 saturated heterocycles. The Morgan fingerprint density at radius 2 is 1.94 bits per heavy atom. The van der Waals surface area contributed by atoms with Gasteiger partial charge in [-0.15, -0.1) is 0 Å². The summed E-state index contributed by atoms with van der Waals surface area (Å²) in [5.41, 5.74) is -0.157. The number of rotatable bonds is 4. The van der Waals surface area contributed by atoms with Gasteiger partial charge in [0.2, 0.25) is 5.91 Å². The number of aromatic nitrogens is 1. The Labute approximate surface area is 196 Å². The van der Waals surface area contributed by atoms with E-state index in [1.165, 1.54) is 18.3 Å². The van der Waals surface area contributed by atoms with Crippen LogP contribution in [0.4, 0.5) is 23.4 Å². The third kappa shape index (κ3) is 4.04. The summed E-state index contributed by atoms with van der Waals surface area (Å²) < 4.78 is 52.6. The molecule has 1 N–H and O–H groups in total. The summed E-state index contributed by atoms with van der Waals surface area (Å²) in [6.07, 6.45) is -0.799. The molecule has 1 saturated carbocycles. The molecule has 2 unspecified atom stereocenters. The first-order valence-electron chi connectivity index (χ1n) is 11.7. The smallest absolute Gasteiger partial charge is 0.353 e. The number of nitrogens with one attached hydrogen (secondary N) is 1. The lowest BCUT2D eigenvalue weighted by Crippen LogP contribution is -2.53. The zero-order valence-electron chi connectivity index (χ0n) is 19.0. The van der Waals surface area contributed by atoms with Crippen LogP contribution in [0.2, 0.25) is 0 Å². The molecule has 2 aromatic rings. The van der Waals surface area contributed by atoms with Gasteiger partial charge in [0.05, 0.1) is 17.0 Å². The maximum absolute atomic E-state index is 13.5. The van der Waals surface area contributed by atoms with Gasteiger partial charge in [0, 0.05) is 38.4 Å². The highest BCUT2D eigenvalue weighted by molar-refractivity contribution is 5.87. The number of carbonyl (C=O) groups is 1. The maximum atomic E-state index is 13.5. The second-order valence-electron chi connectivity index (χ2n) is 9.80. The van der Waals surface area contributed by atoms with Gasteiger partial charge in [-0.25, -0.2) is 9.37 Å². The Balaban J connectivity index is 1.27. The van der Waals surface area contributed by atoms with Gasteiger partial charge in [-0.1, -0.05) is 19.1 Å². The van der Waals surface area contributed by atoms with E-state index in [0.29, 0.717) is 32.0 Å². The molecule has 9 heteroatoms. The number of halogens is 4. The van der Waals surface area contributed by atoms with Crippen molar-refractivity contribution >= 4 is 11.7 Å². The monoisotopic (exact) mass is 476 g/mol. The van der Waals surface area contributed by atoms with Crippen LogP contribution in [0.3, 0.4) is 0 Å². The number of hydrogen-bond acceptors (Lipinski definition) is 4. The van der Waals surface area contributed by atoms with E-state index >= 15 is 0 Å². The fourth-order valence-electron chi connectivity index (χ4n) is 6.04. The van der Waals surface area contributed by atoms with Crippen molar-refractivity contribution in [1.82, 2.24) is 15.2 Å². The summed E-state index contributed by atoms with van der Waals surface area (Å²) in [5, 5.41) is 3.53. The molecule has 1 spiro atoms. The largest absolute Gasteiger partial charge is 0.416 e. The predicted octanol–water partition coefficient (Wildman–Crippen LogP) is 4.24. The van der Waals surface area contributed by atoms with E-state index in [1.54, 1.807) is 12.1 Å². The molecule has 2 aliphatic heterocycles. The van der Waals surface area contributed by atoms with Crippen LogP contribution in [0, 0.1) is 17.2 Å². The summed E-state index contributed by atoms with van der Waals surface area (Å²) in [4.78, 5) is 21.5. The van der Waals surface area contributed by atoms with Crippen LogP contribution in [-0.2, 0) is 17.5 Å². The van der Waals surface area contributed by atoms with Crippen molar-refractivity contribution in [1.29, 1.82) is 0 Å². The van der Waals surface area contributed by atoms with Gasteiger partial charge < -0.3 is 15.1 Å². The van der Waals surface area contributed by atoms with E-state index in [-0.39, 0.29) is 29.7 Å². The SMILES string of the molecule is CC1C2CN(c3cc(C(F)(F)F)ccn3)CCN2C(=O)[C@]12CC[C@@H](NCc1ccc(F)cc1)C2. The molecule has 4 atom stereocenters. The second-order valence-corrected chi connectivity index (χ2v) is 9.80. The molecule has 3 aliphatic rings. The second kappa shape index (κ2) is 8.52. The first-order valence-corrected chi connectivity index (χ1v) is 11.7. The molecule has 5 nitrogen and oxygen atoms in total. The first kappa shape index (κ1) is 23.1. The van der Waals surface area contributed by atoms with E-state index < -0.39 is 17.2 Å². The Morgan fingerprint density at radius 1 is 1.18 bits per heavy atom. The number of carbonyl (C=O) groups excluding carboxylic acids is 1. The van der Waals surface area contributed by atoms with Crippen molar-refractivity contribution in [3.05, 3.63) is 59.5 Å². The fourth-order valence-corrected chi connectivity index (χ4v) is 6.04. The molecular weight excluding hydrogens is 448 g/mol. The molecule has 0 radical (unpaired) electrons. The van der Waals surface area contributed by atoms with Crippen LogP contribution in [-0.4, -0.2) is 47.5 Å². The summed E-state index contributed by atoms with van der Waals surface area (Å²) in [6.45, 7) is 4.16. The molecule has 1 aromatic heterocycles. The number of benzene rings is 1. The molecule has 1 amide bonds. The van der Waals surface area contributed by atoms with Crippen molar-refractivity contribution in [3.8, 4) is 0 Å². The molecule has 182 valence electrons. The number of amides is 1. The lowest BCUT2D eigenvalue weighted by molar-refractivity contribution is -0.138. The van der Waals surface area contributed by atoms with Crippen molar-refractivity contribution < 1.29 is 22.4 Å². The van der Waals surface area contributed by atoms with Crippen LogP contribution in [0.5, 0.6) is 0 Å². The highest BCUT2D eigenvalue weighted by Gasteiger charge is 2.60. The van der Waals surface area contributed by atoms with E-state index in [9.17, 15) is 22.4 Å². The van der Waals surface area contributed by atoms with Crippen molar-refractivity contribution in [2.45, 2.75) is 51.0 Å². The van der Waals surface area contributed by atoms with Crippen molar-refractivity contribution in [2.75, 3.05) is 24.5 Å². The van der Waals surface area contributed by atoms with Crippen LogP contribution in [0.15, 0.2) is 42.6 Å². The lowest BCUT2D eigenvalue weighted by Gasteiger charge is -2.39. The van der Waals surface area contributed by atoms with Gasteiger partial charge in [-0.05, 0) is 55.0 Å². The average Bonchev–Trinajstić information content (AvgIpc) is 3.35. The summed E-state index contributed by atoms with van der Waals surface area (Å²) >= 11 is 0. The topological polar surface area (TPSA) is 48.5 Å². The minimum absolute atomic E-state index is 0.0477. The summed E-state index contributed by atoms with van der Waals surface area (Å²) in [5.74, 6) is 0.305. The highest BCUT2D eigenvalue weighted by atomic mass is 19.4. The third-order valence-corrected chi connectivity index (χ3v) is 8.01. The number of fused-ring (bicyclic) bond motifs is 1. The molecule has 1 aliphatic carbocycles. The van der Waals surface area contributed by atoms with Gasteiger partial charge in [-0.3, -0.25) is 4.79 Å². The summed E-state index contributed by atoms with van der Waals surface area (Å²) in [7, 11) is 0. The molecule has 3 fully saturated rings. The van der Waals surface area contributed by atoms with E-state index in [0.717, 1.165) is 37.0 Å². The average molecular weight is 477 g/mol. The quantitative estimate of drug-likeness (QED) is 0.671. The number of alkyl halides is 3. The van der Waals surface area contributed by atoms with Gasteiger partial charge in [0.1, 0.15) is 11.6 Å². The number of pyridine rings is 1. The Kier molecular flexibility index (Phi) is 5.78. The predicted molar refractivity (Wildman–Crippen MR) is 119 cm³/mol. The Hall–Kier alpha value is -2.68. The highest BCUT2D eigenvalue weighted by Crippen LogP contribution is 2.53. The molecule has 34 heavy (non-hydrogen) atoms. The number of piperazine rings is 1. The third-order valence-electron chi connectivity index (χ3n) is 8.01. The van der Waals surface area contributed by atoms with Crippen LogP contribution in [0.1, 0.15) is 37.3 Å². The van der Waals surface area contributed by atoms with Crippen LogP contribution >= 0.6 is 0 Å².